The number of benzene rings is 2. The van der Waals surface area contributed by atoms with Gasteiger partial charge in [0.25, 0.3) is 5.91 Å². The highest BCUT2D eigenvalue weighted by molar-refractivity contribution is 6.05. The number of hydrogen-bond acceptors (Lipinski definition) is 2. The zero-order chi connectivity index (χ0) is 16.2. The van der Waals surface area contributed by atoms with E-state index in [2.05, 4.69) is 10.1 Å². The Morgan fingerprint density at radius 2 is 1.73 bits per heavy atom. The molecule has 2 aromatic rings. The van der Waals surface area contributed by atoms with E-state index in [9.17, 15) is 18.0 Å². The van der Waals surface area contributed by atoms with Crippen LogP contribution in [0, 0.1) is 6.92 Å². The molecule has 0 aromatic heterocycles. The number of nitrogens with one attached hydrogen (secondary N) is 1. The van der Waals surface area contributed by atoms with E-state index >= 15 is 0 Å². The summed E-state index contributed by atoms with van der Waals surface area (Å²) in [7, 11) is 0. The number of carbonyl (C=O) groups is 1. The first kappa shape index (κ1) is 15.9. The minimum Gasteiger partial charge on any atom is -0.484 e. The molecule has 2 rings (SSSR count). The topological polar surface area (TPSA) is 38.3 Å². The number of amides is 1. The van der Waals surface area contributed by atoms with Crippen LogP contribution in [-0.2, 0) is 0 Å². The molecule has 3 nitrogen and oxygen atoms in total. The van der Waals surface area contributed by atoms with Crippen LogP contribution in [-0.4, -0.2) is 18.7 Å². The van der Waals surface area contributed by atoms with Crippen molar-refractivity contribution in [2.75, 3.05) is 11.9 Å². The number of aryl methyl sites for hydroxylation is 1. The lowest BCUT2D eigenvalue weighted by atomic mass is 10.1. The van der Waals surface area contributed by atoms with Crippen molar-refractivity contribution in [1.82, 2.24) is 0 Å². The first-order valence-electron chi connectivity index (χ1n) is 6.52. The summed E-state index contributed by atoms with van der Waals surface area (Å²) in [6.07, 6.45) is -4.38. The van der Waals surface area contributed by atoms with Crippen LogP contribution >= 0.6 is 0 Å². The normalized spacial score (nSPS) is 11.1. The highest BCUT2D eigenvalue weighted by atomic mass is 19.4. The highest BCUT2D eigenvalue weighted by Gasteiger charge is 2.28. The van der Waals surface area contributed by atoms with Crippen molar-refractivity contribution < 1.29 is 22.7 Å². The monoisotopic (exact) mass is 309 g/mol. The van der Waals surface area contributed by atoms with Gasteiger partial charge in [-0.2, -0.15) is 13.2 Å². The number of halogens is 3. The maximum atomic E-state index is 12.1. The molecule has 0 bridgehead atoms. The molecule has 0 fully saturated rings. The Labute approximate surface area is 125 Å². The van der Waals surface area contributed by atoms with Gasteiger partial charge in [-0.3, -0.25) is 4.79 Å². The van der Waals surface area contributed by atoms with Gasteiger partial charge in [0, 0.05) is 11.3 Å². The molecule has 0 aliphatic rings. The molecule has 1 amide bonds. The molecule has 0 unspecified atom stereocenters. The third kappa shape index (κ3) is 4.51. The molecule has 0 atom stereocenters. The number of carbonyl (C=O) groups excluding carboxylic acids is 1. The fraction of sp³-hybridized carbons (Fsp3) is 0.188. The summed E-state index contributed by atoms with van der Waals surface area (Å²) in [5, 5.41) is 2.68. The molecule has 0 saturated heterocycles. The Kier molecular flexibility index (Phi) is 4.70. The average molecular weight is 309 g/mol. The molecule has 1 N–H and O–H groups in total. The Morgan fingerprint density at radius 3 is 2.32 bits per heavy atom. The van der Waals surface area contributed by atoms with Crippen molar-refractivity contribution in [3.05, 3.63) is 59.7 Å². The molecule has 0 radical (unpaired) electrons. The Bertz CT molecular complexity index is 651. The van der Waals surface area contributed by atoms with E-state index in [4.69, 9.17) is 0 Å². The smallest absolute Gasteiger partial charge is 0.422 e. The van der Waals surface area contributed by atoms with Crippen LogP contribution < -0.4 is 10.1 Å². The summed E-state index contributed by atoms with van der Waals surface area (Å²) < 4.78 is 40.7. The number of alkyl halides is 3. The van der Waals surface area contributed by atoms with Crippen LogP contribution in [0.25, 0.3) is 0 Å². The summed E-state index contributed by atoms with van der Waals surface area (Å²) >= 11 is 0. The lowest BCUT2D eigenvalue weighted by Gasteiger charge is -2.10. The van der Waals surface area contributed by atoms with E-state index < -0.39 is 12.8 Å². The van der Waals surface area contributed by atoms with E-state index in [-0.39, 0.29) is 11.7 Å². The lowest BCUT2D eigenvalue weighted by Crippen LogP contribution is -2.19. The predicted octanol–water partition coefficient (Wildman–Crippen LogP) is 4.19. The Hall–Kier alpha value is -2.50. The van der Waals surface area contributed by atoms with Gasteiger partial charge < -0.3 is 10.1 Å². The molecule has 0 heterocycles. The quantitative estimate of drug-likeness (QED) is 0.919. The van der Waals surface area contributed by atoms with E-state index in [1.54, 1.807) is 12.1 Å². The zero-order valence-electron chi connectivity index (χ0n) is 11.8. The molecule has 22 heavy (non-hydrogen) atoms. The fourth-order valence-electron chi connectivity index (χ4n) is 1.83. The third-order valence-electron chi connectivity index (χ3n) is 2.90. The minimum absolute atomic E-state index is 0.0891. The lowest BCUT2D eigenvalue weighted by molar-refractivity contribution is -0.153. The summed E-state index contributed by atoms with van der Waals surface area (Å²) in [6.45, 7) is 0.477. The van der Waals surface area contributed by atoms with Gasteiger partial charge in [0.2, 0.25) is 0 Å². The second-order valence-corrected chi connectivity index (χ2v) is 4.70. The van der Waals surface area contributed by atoms with Gasteiger partial charge >= 0.3 is 6.18 Å². The van der Waals surface area contributed by atoms with Crippen LogP contribution in [0.3, 0.4) is 0 Å². The summed E-state index contributed by atoms with van der Waals surface area (Å²) in [4.78, 5) is 12.1. The first-order valence-corrected chi connectivity index (χ1v) is 6.52. The maximum Gasteiger partial charge on any atom is 0.422 e. The number of anilines is 1. The standard InChI is InChI=1S/C16H14F3NO2/c1-11-4-2-3-5-14(11)15(21)20-12-6-8-13(9-7-12)22-10-16(17,18)19/h2-9H,10H2,1H3,(H,20,21). The van der Waals surface area contributed by atoms with Gasteiger partial charge in [-0.1, -0.05) is 18.2 Å². The number of rotatable bonds is 4. The second-order valence-electron chi connectivity index (χ2n) is 4.70. The van der Waals surface area contributed by atoms with Gasteiger partial charge in [0.1, 0.15) is 5.75 Å². The SMILES string of the molecule is Cc1ccccc1C(=O)Nc1ccc(OCC(F)(F)F)cc1. The second kappa shape index (κ2) is 6.51. The van der Waals surface area contributed by atoms with Crippen LogP contribution in [0.1, 0.15) is 15.9 Å². The molecule has 2 aromatic carbocycles. The van der Waals surface area contributed by atoms with Gasteiger partial charge in [-0.05, 0) is 42.8 Å². The van der Waals surface area contributed by atoms with Gasteiger partial charge in [-0.15, -0.1) is 0 Å². The highest BCUT2D eigenvalue weighted by Crippen LogP contribution is 2.20. The first-order chi connectivity index (χ1) is 10.3. The average Bonchev–Trinajstić information content (AvgIpc) is 2.46. The van der Waals surface area contributed by atoms with Crippen molar-refractivity contribution in [3.8, 4) is 5.75 Å². The van der Waals surface area contributed by atoms with E-state index in [0.717, 1.165) is 5.56 Å². The van der Waals surface area contributed by atoms with Crippen LogP contribution in [0.4, 0.5) is 18.9 Å². The van der Waals surface area contributed by atoms with Crippen LogP contribution in [0.15, 0.2) is 48.5 Å². The molecule has 6 heteroatoms. The van der Waals surface area contributed by atoms with E-state index in [0.29, 0.717) is 11.3 Å². The summed E-state index contributed by atoms with van der Waals surface area (Å²) in [5.74, 6) is -0.187. The van der Waals surface area contributed by atoms with Crippen molar-refractivity contribution in [2.45, 2.75) is 13.1 Å². The van der Waals surface area contributed by atoms with Gasteiger partial charge in [-0.25, -0.2) is 0 Å². The Balaban J connectivity index is 1.99. The van der Waals surface area contributed by atoms with Crippen LogP contribution in [0.2, 0.25) is 0 Å². The van der Waals surface area contributed by atoms with Crippen molar-refractivity contribution in [1.29, 1.82) is 0 Å². The molecular weight excluding hydrogens is 295 g/mol. The summed E-state index contributed by atoms with van der Waals surface area (Å²) in [6, 6.07) is 12.8. The third-order valence-corrected chi connectivity index (χ3v) is 2.90. The molecule has 0 saturated carbocycles. The summed E-state index contributed by atoms with van der Waals surface area (Å²) in [5.41, 5.74) is 1.86. The van der Waals surface area contributed by atoms with E-state index in [1.807, 2.05) is 19.1 Å². The van der Waals surface area contributed by atoms with Crippen molar-refractivity contribution in [3.63, 3.8) is 0 Å². The van der Waals surface area contributed by atoms with Crippen molar-refractivity contribution >= 4 is 11.6 Å². The Morgan fingerprint density at radius 1 is 1.09 bits per heavy atom. The fourth-order valence-corrected chi connectivity index (χ4v) is 1.83. The molecular formula is C16H14F3NO2. The van der Waals surface area contributed by atoms with Crippen LogP contribution in [0.5, 0.6) is 5.75 Å². The van der Waals surface area contributed by atoms with Gasteiger partial charge in [0.05, 0.1) is 0 Å². The molecule has 0 aliphatic heterocycles. The van der Waals surface area contributed by atoms with E-state index in [1.165, 1.54) is 24.3 Å². The maximum absolute atomic E-state index is 12.1. The molecule has 116 valence electrons. The number of hydrogen-bond donors (Lipinski definition) is 1. The molecule has 0 aliphatic carbocycles. The largest absolute Gasteiger partial charge is 0.484 e. The molecule has 0 spiro atoms. The van der Waals surface area contributed by atoms with Gasteiger partial charge in [0.15, 0.2) is 6.61 Å². The predicted molar refractivity (Wildman–Crippen MR) is 77.1 cm³/mol. The minimum atomic E-state index is -4.38. The van der Waals surface area contributed by atoms with Crippen molar-refractivity contribution in [2.24, 2.45) is 0 Å². The zero-order valence-corrected chi connectivity index (χ0v) is 11.8. The number of ether oxygens (including phenoxy) is 1.